The normalized spacial score (nSPS) is 19.9. The third kappa shape index (κ3) is 2.32. The van der Waals surface area contributed by atoms with E-state index in [1.807, 2.05) is 27.7 Å². The Kier molecular flexibility index (Phi) is 3.07. The van der Waals surface area contributed by atoms with Crippen LogP contribution in [0.1, 0.15) is 27.7 Å². The van der Waals surface area contributed by atoms with Gasteiger partial charge in [0.1, 0.15) is 5.82 Å². The first kappa shape index (κ1) is 14.1. The van der Waals surface area contributed by atoms with E-state index in [1.165, 1.54) is 0 Å². The molecule has 1 aliphatic heterocycles. The molecule has 0 bridgehead atoms. The van der Waals surface area contributed by atoms with Crippen molar-refractivity contribution < 1.29 is 13.7 Å². The van der Waals surface area contributed by atoms with Crippen molar-refractivity contribution in [1.29, 1.82) is 0 Å². The van der Waals surface area contributed by atoms with Crippen LogP contribution < -0.4 is 11.2 Å². The lowest BCUT2D eigenvalue weighted by molar-refractivity contribution is 0.00578. The Hall–Kier alpha value is -1.86. The molecule has 0 aliphatic carbocycles. The summed E-state index contributed by atoms with van der Waals surface area (Å²) >= 11 is 0. The van der Waals surface area contributed by atoms with E-state index in [4.69, 9.17) is 19.5 Å². The number of hydrogen-bond acceptors (Lipinski definition) is 6. The molecule has 0 amide bonds. The Morgan fingerprint density at radius 2 is 1.81 bits per heavy atom. The van der Waals surface area contributed by atoms with Gasteiger partial charge in [-0.2, -0.15) is 0 Å². The molecule has 7 heteroatoms. The highest BCUT2D eigenvalue weighted by atomic mass is 16.7. The van der Waals surface area contributed by atoms with Gasteiger partial charge in [-0.3, -0.25) is 0 Å². The molecule has 3 heterocycles. The fraction of sp³-hybridized carbons (Fsp3) is 0.429. The van der Waals surface area contributed by atoms with Crippen LogP contribution in [0.25, 0.3) is 11.6 Å². The summed E-state index contributed by atoms with van der Waals surface area (Å²) in [5.41, 5.74) is 5.81. The van der Waals surface area contributed by atoms with Crippen molar-refractivity contribution in [3.05, 3.63) is 24.6 Å². The number of hydrogen-bond donors (Lipinski definition) is 1. The lowest BCUT2D eigenvalue weighted by Gasteiger charge is -2.32. The second-order valence-electron chi connectivity index (χ2n) is 6.10. The minimum Gasteiger partial charge on any atom is -0.461 e. The summed E-state index contributed by atoms with van der Waals surface area (Å²) in [6.07, 6.45) is 3.19. The van der Waals surface area contributed by atoms with Crippen LogP contribution in [0.3, 0.4) is 0 Å². The minimum absolute atomic E-state index is 0.329. The van der Waals surface area contributed by atoms with Gasteiger partial charge >= 0.3 is 7.12 Å². The molecule has 6 nitrogen and oxygen atoms in total. The molecule has 0 spiro atoms. The number of aromatic nitrogens is 2. The molecule has 2 aromatic rings. The highest BCUT2D eigenvalue weighted by Gasteiger charge is 2.52. The Morgan fingerprint density at radius 1 is 1.14 bits per heavy atom. The largest absolute Gasteiger partial charge is 0.500 e. The van der Waals surface area contributed by atoms with Gasteiger partial charge in [-0.1, -0.05) is 0 Å². The average Bonchev–Trinajstić information content (AvgIpc) is 2.96. The van der Waals surface area contributed by atoms with Gasteiger partial charge in [0.05, 0.1) is 17.5 Å². The van der Waals surface area contributed by atoms with E-state index in [0.29, 0.717) is 22.9 Å². The smallest absolute Gasteiger partial charge is 0.461 e. The standard InChI is InChI=1S/C14H18BN3O3/c1-13(2)14(3,4)21-15(20-13)9-8-17-12(18-11(9)16)10-6-5-7-19-10/h5-8H,1-4H3,(H2,16,17,18). The lowest BCUT2D eigenvalue weighted by atomic mass is 9.80. The Bertz CT molecular complexity index is 639. The molecule has 3 rings (SSSR count). The summed E-state index contributed by atoms with van der Waals surface area (Å²) in [5, 5.41) is 0. The van der Waals surface area contributed by atoms with Crippen LogP contribution in [0.4, 0.5) is 5.82 Å². The zero-order valence-corrected chi connectivity index (χ0v) is 12.6. The van der Waals surface area contributed by atoms with Crippen molar-refractivity contribution in [1.82, 2.24) is 9.97 Å². The van der Waals surface area contributed by atoms with Gasteiger partial charge in [0.15, 0.2) is 11.6 Å². The molecule has 1 saturated heterocycles. The van der Waals surface area contributed by atoms with Gasteiger partial charge in [-0.25, -0.2) is 9.97 Å². The van der Waals surface area contributed by atoms with Crippen molar-refractivity contribution in [3.63, 3.8) is 0 Å². The molecule has 2 N–H and O–H groups in total. The zero-order chi connectivity index (χ0) is 15.3. The van der Waals surface area contributed by atoms with Crippen LogP contribution in [0.15, 0.2) is 29.0 Å². The average molecular weight is 287 g/mol. The summed E-state index contributed by atoms with van der Waals surface area (Å²) in [7, 11) is -0.569. The van der Waals surface area contributed by atoms with E-state index in [1.54, 1.807) is 24.6 Å². The number of nitrogen functional groups attached to an aromatic ring is 1. The molecule has 0 atom stereocenters. The molecule has 110 valence electrons. The fourth-order valence-corrected chi connectivity index (χ4v) is 2.08. The number of nitrogens with two attached hydrogens (primary N) is 1. The summed E-state index contributed by atoms with van der Waals surface area (Å²) in [4.78, 5) is 8.55. The quantitative estimate of drug-likeness (QED) is 0.845. The number of anilines is 1. The van der Waals surface area contributed by atoms with Crippen LogP contribution in [-0.4, -0.2) is 28.3 Å². The monoisotopic (exact) mass is 287 g/mol. The van der Waals surface area contributed by atoms with Crippen LogP contribution in [0, 0.1) is 0 Å². The van der Waals surface area contributed by atoms with E-state index in [2.05, 4.69) is 9.97 Å². The van der Waals surface area contributed by atoms with E-state index < -0.39 is 18.3 Å². The molecule has 0 saturated carbocycles. The molecule has 0 aromatic carbocycles. The summed E-state index contributed by atoms with van der Waals surface area (Å²) in [5.74, 6) is 1.34. The van der Waals surface area contributed by atoms with E-state index in [-0.39, 0.29) is 0 Å². The van der Waals surface area contributed by atoms with Gasteiger partial charge in [0.2, 0.25) is 0 Å². The van der Waals surface area contributed by atoms with Gasteiger partial charge in [0.25, 0.3) is 0 Å². The molecule has 2 aromatic heterocycles. The first-order chi connectivity index (χ1) is 9.80. The first-order valence-electron chi connectivity index (χ1n) is 6.82. The highest BCUT2D eigenvalue weighted by molar-refractivity contribution is 6.63. The Morgan fingerprint density at radius 3 is 2.33 bits per heavy atom. The van der Waals surface area contributed by atoms with Crippen LogP contribution >= 0.6 is 0 Å². The number of nitrogens with zero attached hydrogens (tertiary/aromatic N) is 2. The number of rotatable bonds is 2. The predicted molar refractivity (Wildman–Crippen MR) is 79.9 cm³/mol. The van der Waals surface area contributed by atoms with Crippen molar-refractivity contribution in [3.8, 4) is 11.6 Å². The maximum atomic E-state index is 6.03. The van der Waals surface area contributed by atoms with Crippen LogP contribution in [-0.2, 0) is 9.31 Å². The van der Waals surface area contributed by atoms with E-state index in [9.17, 15) is 0 Å². The summed E-state index contributed by atoms with van der Waals surface area (Å²) < 4.78 is 17.2. The maximum absolute atomic E-state index is 6.03. The molecular formula is C14H18BN3O3. The van der Waals surface area contributed by atoms with E-state index in [0.717, 1.165) is 0 Å². The number of furan rings is 1. The molecule has 0 unspecified atom stereocenters. The lowest BCUT2D eigenvalue weighted by Crippen LogP contribution is -2.41. The summed E-state index contributed by atoms with van der Waals surface area (Å²) in [6.45, 7) is 7.95. The molecule has 21 heavy (non-hydrogen) atoms. The fourth-order valence-electron chi connectivity index (χ4n) is 2.08. The maximum Gasteiger partial charge on any atom is 0.500 e. The Balaban J connectivity index is 1.91. The van der Waals surface area contributed by atoms with Gasteiger partial charge < -0.3 is 19.5 Å². The van der Waals surface area contributed by atoms with Gasteiger partial charge in [0, 0.05) is 11.7 Å². The molecular weight excluding hydrogens is 269 g/mol. The first-order valence-corrected chi connectivity index (χ1v) is 6.82. The minimum atomic E-state index is -0.569. The SMILES string of the molecule is CC1(C)OB(c2cnc(-c3ccco3)nc2N)OC1(C)C. The Labute approximate surface area is 123 Å². The zero-order valence-electron chi connectivity index (χ0n) is 12.6. The molecule has 1 aliphatic rings. The summed E-state index contributed by atoms with van der Waals surface area (Å²) in [6, 6.07) is 3.56. The van der Waals surface area contributed by atoms with Crippen molar-refractivity contribution in [2.45, 2.75) is 38.9 Å². The second-order valence-corrected chi connectivity index (χ2v) is 6.10. The van der Waals surface area contributed by atoms with Crippen LogP contribution in [0.5, 0.6) is 0 Å². The van der Waals surface area contributed by atoms with Gasteiger partial charge in [-0.15, -0.1) is 0 Å². The van der Waals surface area contributed by atoms with Crippen molar-refractivity contribution in [2.24, 2.45) is 0 Å². The second kappa shape index (κ2) is 4.57. The predicted octanol–water partition coefficient (Wildman–Crippen LogP) is 1.62. The third-order valence-corrected chi connectivity index (χ3v) is 4.10. The van der Waals surface area contributed by atoms with Crippen LogP contribution in [0.2, 0.25) is 0 Å². The highest BCUT2D eigenvalue weighted by Crippen LogP contribution is 2.36. The molecule has 0 radical (unpaired) electrons. The van der Waals surface area contributed by atoms with E-state index >= 15 is 0 Å². The third-order valence-electron chi connectivity index (χ3n) is 4.10. The molecule has 1 fully saturated rings. The topological polar surface area (TPSA) is 83.4 Å². The van der Waals surface area contributed by atoms with Crippen molar-refractivity contribution >= 4 is 18.4 Å². The van der Waals surface area contributed by atoms with Crippen molar-refractivity contribution in [2.75, 3.05) is 5.73 Å². The van der Waals surface area contributed by atoms with Gasteiger partial charge in [-0.05, 0) is 39.8 Å².